The second-order valence-electron chi connectivity index (χ2n) is 6.40. The van der Waals surface area contributed by atoms with Gasteiger partial charge in [-0.25, -0.2) is 4.52 Å². The molecule has 21 heavy (non-hydrogen) atoms. The van der Waals surface area contributed by atoms with Crippen LogP contribution in [0, 0.1) is 0 Å². The predicted molar refractivity (Wildman–Crippen MR) is 84.4 cm³/mol. The van der Waals surface area contributed by atoms with Crippen molar-refractivity contribution in [1.82, 2.24) is 9.61 Å². The van der Waals surface area contributed by atoms with Gasteiger partial charge in [-0.1, -0.05) is 51.1 Å². The summed E-state index contributed by atoms with van der Waals surface area (Å²) in [7, 11) is 0. The molecular weight excluding hydrogens is 260 g/mol. The normalized spacial score (nSPS) is 13.5. The van der Waals surface area contributed by atoms with Crippen LogP contribution in [-0.2, 0) is 5.41 Å². The molecule has 1 unspecified atom stereocenters. The van der Waals surface area contributed by atoms with E-state index in [4.69, 9.17) is 0 Å². The lowest BCUT2D eigenvalue weighted by Gasteiger charge is -2.20. The van der Waals surface area contributed by atoms with Gasteiger partial charge in [0.1, 0.15) is 6.10 Å². The van der Waals surface area contributed by atoms with Gasteiger partial charge >= 0.3 is 0 Å². The molecule has 0 amide bonds. The molecule has 1 aromatic carbocycles. The van der Waals surface area contributed by atoms with E-state index in [1.54, 1.807) is 10.7 Å². The summed E-state index contributed by atoms with van der Waals surface area (Å²) >= 11 is 0. The van der Waals surface area contributed by atoms with Gasteiger partial charge in [-0.2, -0.15) is 5.10 Å². The van der Waals surface area contributed by atoms with Crippen molar-refractivity contribution >= 4 is 5.52 Å². The van der Waals surface area contributed by atoms with Crippen LogP contribution >= 0.6 is 0 Å². The molecule has 0 aliphatic rings. The van der Waals surface area contributed by atoms with E-state index in [-0.39, 0.29) is 5.41 Å². The summed E-state index contributed by atoms with van der Waals surface area (Å²) in [5.41, 5.74) is 4.04. The van der Waals surface area contributed by atoms with Crippen molar-refractivity contribution in [3.63, 3.8) is 0 Å². The van der Waals surface area contributed by atoms with Gasteiger partial charge in [0.2, 0.25) is 0 Å². The molecule has 1 atom stereocenters. The molecule has 0 radical (unpaired) electrons. The van der Waals surface area contributed by atoms with E-state index in [0.717, 1.165) is 16.6 Å². The lowest BCUT2D eigenvalue weighted by Crippen LogP contribution is -2.11. The monoisotopic (exact) mass is 280 g/mol. The van der Waals surface area contributed by atoms with Crippen LogP contribution in [0.25, 0.3) is 5.52 Å². The first kappa shape index (κ1) is 13.8. The van der Waals surface area contributed by atoms with Gasteiger partial charge in [-0.15, -0.1) is 0 Å². The van der Waals surface area contributed by atoms with Crippen molar-refractivity contribution in [3.05, 3.63) is 71.5 Å². The highest BCUT2D eigenvalue weighted by atomic mass is 16.3. The van der Waals surface area contributed by atoms with Gasteiger partial charge in [-0.05, 0) is 28.7 Å². The Kier molecular flexibility index (Phi) is 3.30. The Morgan fingerprint density at radius 3 is 2.43 bits per heavy atom. The molecule has 3 nitrogen and oxygen atoms in total. The number of hydrogen-bond acceptors (Lipinski definition) is 2. The molecule has 0 saturated heterocycles. The summed E-state index contributed by atoms with van der Waals surface area (Å²) in [4.78, 5) is 0. The zero-order valence-corrected chi connectivity index (χ0v) is 12.6. The van der Waals surface area contributed by atoms with Crippen LogP contribution in [0.5, 0.6) is 0 Å². The van der Waals surface area contributed by atoms with Gasteiger partial charge in [0.05, 0.1) is 11.7 Å². The van der Waals surface area contributed by atoms with Crippen LogP contribution < -0.4 is 0 Å². The molecule has 0 spiro atoms. The van der Waals surface area contributed by atoms with Crippen molar-refractivity contribution in [2.75, 3.05) is 0 Å². The number of nitrogens with zero attached hydrogens (tertiary/aromatic N) is 2. The maximum Gasteiger partial charge on any atom is 0.108 e. The molecule has 2 heterocycles. The average Bonchev–Trinajstić information content (AvgIpc) is 2.90. The van der Waals surface area contributed by atoms with Crippen molar-refractivity contribution in [1.29, 1.82) is 0 Å². The minimum absolute atomic E-state index is 0.119. The molecule has 0 bridgehead atoms. The lowest BCUT2D eigenvalue weighted by atomic mass is 9.86. The molecule has 3 rings (SSSR count). The van der Waals surface area contributed by atoms with Gasteiger partial charge in [0.25, 0.3) is 0 Å². The van der Waals surface area contributed by atoms with Crippen molar-refractivity contribution < 1.29 is 5.11 Å². The molecule has 3 aromatic rings. The topological polar surface area (TPSA) is 37.5 Å². The molecule has 2 aromatic heterocycles. The fraction of sp³-hybridized carbons (Fsp3) is 0.278. The van der Waals surface area contributed by atoms with Gasteiger partial charge in [0, 0.05) is 11.8 Å². The summed E-state index contributed by atoms with van der Waals surface area (Å²) in [6.07, 6.45) is 2.96. The van der Waals surface area contributed by atoms with E-state index < -0.39 is 6.10 Å². The van der Waals surface area contributed by atoms with Crippen LogP contribution in [0.15, 0.2) is 54.9 Å². The van der Waals surface area contributed by atoms with Crippen LogP contribution in [0.1, 0.15) is 43.6 Å². The molecule has 0 aliphatic heterocycles. The van der Waals surface area contributed by atoms with Gasteiger partial charge < -0.3 is 5.11 Å². The molecule has 0 fully saturated rings. The SMILES string of the molecule is CC(C)(C)c1ccc(C(O)c2cnn3ccccc23)cc1. The number of pyridine rings is 1. The van der Waals surface area contributed by atoms with Crippen molar-refractivity contribution in [3.8, 4) is 0 Å². The number of fused-ring (bicyclic) bond motifs is 1. The smallest absolute Gasteiger partial charge is 0.108 e. The number of hydrogen-bond donors (Lipinski definition) is 1. The fourth-order valence-electron chi connectivity index (χ4n) is 2.51. The Hall–Kier alpha value is -2.13. The minimum Gasteiger partial charge on any atom is -0.384 e. The highest BCUT2D eigenvalue weighted by Crippen LogP contribution is 2.28. The summed E-state index contributed by atoms with van der Waals surface area (Å²) in [6, 6.07) is 14.0. The van der Waals surface area contributed by atoms with E-state index in [9.17, 15) is 5.11 Å². The molecular formula is C18H20N2O. The van der Waals surface area contributed by atoms with Gasteiger partial charge in [0.15, 0.2) is 0 Å². The van der Waals surface area contributed by atoms with E-state index in [2.05, 4.69) is 38.0 Å². The quantitative estimate of drug-likeness (QED) is 0.777. The Balaban J connectivity index is 1.97. The molecule has 108 valence electrons. The van der Waals surface area contributed by atoms with Crippen LogP contribution in [0.4, 0.5) is 0 Å². The van der Waals surface area contributed by atoms with Crippen LogP contribution in [0.2, 0.25) is 0 Å². The van der Waals surface area contributed by atoms with E-state index in [0.29, 0.717) is 0 Å². The molecule has 3 heteroatoms. The van der Waals surface area contributed by atoms with E-state index in [1.165, 1.54) is 5.56 Å². The zero-order valence-electron chi connectivity index (χ0n) is 12.6. The Morgan fingerprint density at radius 1 is 1.05 bits per heavy atom. The van der Waals surface area contributed by atoms with E-state index in [1.807, 2.05) is 36.5 Å². The van der Waals surface area contributed by atoms with Crippen LogP contribution in [0.3, 0.4) is 0 Å². The maximum atomic E-state index is 10.6. The lowest BCUT2D eigenvalue weighted by molar-refractivity contribution is 0.221. The van der Waals surface area contributed by atoms with Crippen molar-refractivity contribution in [2.24, 2.45) is 0 Å². The largest absolute Gasteiger partial charge is 0.384 e. The fourth-order valence-corrected chi connectivity index (χ4v) is 2.51. The second kappa shape index (κ2) is 5.01. The average molecular weight is 280 g/mol. The standard InChI is InChI=1S/C18H20N2O/c1-18(2,3)14-9-7-13(8-10-14)17(21)15-12-19-20-11-5-4-6-16(15)20/h4-12,17,21H,1-3H3. The first-order valence-electron chi connectivity index (χ1n) is 7.17. The predicted octanol–water partition coefficient (Wildman–Crippen LogP) is 3.71. The number of aliphatic hydroxyl groups is 1. The number of aliphatic hydroxyl groups excluding tert-OH is 1. The number of benzene rings is 1. The first-order valence-corrected chi connectivity index (χ1v) is 7.17. The zero-order chi connectivity index (χ0) is 15.0. The van der Waals surface area contributed by atoms with E-state index >= 15 is 0 Å². The highest BCUT2D eigenvalue weighted by molar-refractivity contribution is 5.56. The first-order chi connectivity index (χ1) is 9.97. The van der Waals surface area contributed by atoms with Gasteiger partial charge in [-0.3, -0.25) is 0 Å². The van der Waals surface area contributed by atoms with Crippen LogP contribution in [-0.4, -0.2) is 14.7 Å². The summed E-state index contributed by atoms with van der Waals surface area (Å²) in [5.74, 6) is 0. The second-order valence-corrected chi connectivity index (χ2v) is 6.40. The summed E-state index contributed by atoms with van der Waals surface area (Å²) in [5, 5.41) is 14.9. The number of rotatable bonds is 2. The van der Waals surface area contributed by atoms with Crippen molar-refractivity contribution in [2.45, 2.75) is 32.3 Å². The summed E-state index contributed by atoms with van der Waals surface area (Å²) in [6.45, 7) is 6.55. The highest BCUT2D eigenvalue weighted by Gasteiger charge is 2.17. The molecule has 1 N–H and O–H groups in total. The Bertz CT molecular complexity index is 751. The Morgan fingerprint density at radius 2 is 1.76 bits per heavy atom. The maximum absolute atomic E-state index is 10.6. The molecule has 0 saturated carbocycles. The Labute approximate surface area is 124 Å². The third-order valence-electron chi connectivity index (χ3n) is 3.84. The third kappa shape index (κ3) is 2.57. The third-order valence-corrected chi connectivity index (χ3v) is 3.84. The summed E-state index contributed by atoms with van der Waals surface area (Å²) < 4.78 is 1.78. The molecule has 0 aliphatic carbocycles. The number of aromatic nitrogens is 2. The minimum atomic E-state index is -0.654.